The molecule has 0 spiro atoms. The molecule has 10 heteroatoms. The van der Waals surface area contributed by atoms with E-state index in [9.17, 15) is 14.9 Å². The predicted octanol–water partition coefficient (Wildman–Crippen LogP) is 4.64. The van der Waals surface area contributed by atoms with E-state index in [0.717, 1.165) is 9.86 Å². The van der Waals surface area contributed by atoms with Gasteiger partial charge in [-0.25, -0.2) is 5.43 Å². The number of fused-ring (bicyclic) bond motifs is 1. The number of benzene rings is 2. The summed E-state index contributed by atoms with van der Waals surface area (Å²) in [5, 5.41) is 15.5. The summed E-state index contributed by atoms with van der Waals surface area (Å²) >= 11 is 6.75. The fourth-order valence-corrected chi connectivity index (χ4v) is 3.68. The first-order valence-corrected chi connectivity index (χ1v) is 9.02. The number of amides is 1. The Hall–Kier alpha value is -2.72. The Kier molecular flexibility index (Phi) is 5.57. The molecule has 0 radical (unpaired) electrons. The third kappa shape index (κ3) is 4.17. The molecular formula is C17H11Br2N3O5. The lowest BCUT2D eigenvalue weighted by atomic mass is 10.2. The molecule has 0 bridgehead atoms. The molecule has 0 aliphatic carbocycles. The molecule has 0 aliphatic heterocycles. The van der Waals surface area contributed by atoms with Crippen LogP contribution >= 0.6 is 31.9 Å². The molecule has 3 aromatic rings. The van der Waals surface area contributed by atoms with Gasteiger partial charge in [0, 0.05) is 27.6 Å². The Bertz CT molecular complexity index is 1080. The molecule has 0 fully saturated rings. The van der Waals surface area contributed by atoms with E-state index in [0.29, 0.717) is 21.4 Å². The number of non-ortho nitro benzene ring substituents is 1. The van der Waals surface area contributed by atoms with E-state index in [-0.39, 0.29) is 11.4 Å². The zero-order valence-electron chi connectivity index (χ0n) is 13.7. The number of ether oxygens (including phenoxy) is 1. The molecule has 27 heavy (non-hydrogen) atoms. The summed E-state index contributed by atoms with van der Waals surface area (Å²) in [4.78, 5) is 22.6. The maximum absolute atomic E-state index is 12.2. The lowest BCUT2D eigenvalue weighted by molar-refractivity contribution is -0.384. The van der Waals surface area contributed by atoms with Crippen LogP contribution in [0, 0.1) is 10.1 Å². The van der Waals surface area contributed by atoms with Crippen molar-refractivity contribution >= 4 is 60.6 Å². The van der Waals surface area contributed by atoms with Crippen molar-refractivity contribution in [1.29, 1.82) is 0 Å². The molecule has 0 atom stereocenters. The largest absolute Gasteiger partial charge is 0.496 e. The second-order valence-electron chi connectivity index (χ2n) is 5.30. The van der Waals surface area contributed by atoms with Gasteiger partial charge in [-0.2, -0.15) is 5.10 Å². The number of hydrogen-bond donors (Lipinski definition) is 1. The fraction of sp³-hybridized carbons (Fsp3) is 0.0588. The Balaban J connectivity index is 1.80. The lowest BCUT2D eigenvalue weighted by Crippen LogP contribution is -2.16. The second-order valence-corrected chi connectivity index (χ2v) is 7.07. The van der Waals surface area contributed by atoms with Gasteiger partial charge in [-0.1, -0.05) is 15.9 Å². The van der Waals surface area contributed by atoms with Crippen molar-refractivity contribution in [3.8, 4) is 5.75 Å². The van der Waals surface area contributed by atoms with Gasteiger partial charge in [0.2, 0.25) is 0 Å². The molecule has 1 amide bonds. The van der Waals surface area contributed by atoms with Crippen molar-refractivity contribution in [2.75, 3.05) is 7.11 Å². The highest BCUT2D eigenvalue weighted by Crippen LogP contribution is 2.31. The number of nitrogens with zero attached hydrogens (tertiary/aromatic N) is 2. The van der Waals surface area contributed by atoms with Crippen LogP contribution in [0.5, 0.6) is 5.75 Å². The van der Waals surface area contributed by atoms with Crippen LogP contribution in [0.4, 0.5) is 5.69 Å². The Morgan fingerprint density at radius 1 is 1.30 bits per heavy atom. The molecule has 0 saturated heterocycles. The van der Waals surface area contributed by atoms with E-state index in [4.69, 9.17) is 9.15 Å². The molecule has 0 unspecified atom stereocenters. The van der Waals surface area contributed by atoms with Crippen molar-refractivity contribution in [3.63, 3.8) is 0 Å². The van der Waals surface area contributed by atoms with Crippen LogP contribution in [0.3, 0.4) is 0 Å². The molecule has 1 aromatic heterocycles. The summed E-state index contributed by atoms with van der Waals surface area (Å²) in [5.41, 5.74) is 3.10. The number of carbonyl (C=O) groups is 1. The van der Waals surface area contributed by atoms with Crippen LogP contribution in [-0.4, -0.2) is 24.2 Å². The van der Waals surface area contributed by atoms with Crippen LogP contribution in [0.15, 0.2) is 54.9 Å². The van der Waals surface area contributed by atoms with Gasteiger partial charge >= 0.3 is 5.91 Å². The summed E-state index contributed by atoms with van der Waals surface area (Å²) in [7, 11) is 1.43. The van der Waals surface area contributed by atoms with Crippen LogP contribution in [0.25, 0.3) is 11.0 Å². The quantitative estimate of drug-likeness (QED) is 0.314. The van der Waals surface area contributed by atoms with Gasteiger partial charge < -0.3 is 9.15 Å². The Morgan fingerprint density at radius 2 is 2.07 bits per heavy atom. The topological polar surface area (TPSA) is 107 Å². The van der Waals surface area contributed by atoms with Crippen molar-refractivity contribution in [2.24, 2.45) is 5.10 Å². The van der Waals surface area contributed by atoms with E-state index in [1.165, 1.54) is 31.5 Å². The third-order valence-electron chi connectivity index (χ3n) is 3.55. The van der Waals surface area contributed by atoms with Gasteiger partial charge in [-0.15, -0.1) is 0 Å². The first-order valence-electron chi connectivity index (χ1n) is 7.43. The minimum absolute atomic E-state index is 0.0759. The molecular weight excluding hydrogens is 486 g/mol. The second kappa shape index (κ2) is 7.89. The van der Waals surface area contributed by atoms with Crippen LogP contribution < -0.4 is 10.2 Å². The standard InChI is InChI=1S/C17H11Br2N3O5/c1-26-14-3-2-12(22(24)25)5-10(14)8-20-21-17(23)15-6-9-4-11(18)7-13(19)16(9)27-15/h2-8H,1H3,(H,21,23)/b20-8-. The number of methoxy groups -OCH3 is 1. The molecule has 138 valence electrons. The summed E-state index contributed by atoms with van der Waals surface area (Å²) in [5.74, 6) is -0.0991. The van der Waals surface area contributed by atoms with Gasteiger partial charge in [0.1, 0.15) is 11.3 Å². The number of furan rings is 1. The van der Waals surface area contributed by atoms with E-state index in [2.05, 4.69) is 42.4 Å². The number of hydrazone groups is 1. The Labute approximate surface area is 169 Å². The third-order valence-corrected chi connectivity index (χ3v) is 4.60. The molecule has 0 saturated carbocycles. The average molecular weight is 497 g/mol. The minimum atomic E-state index is -0.560. The number of rotatable bonds is 5. The number of nitro benzene ring substituents is 1. The summed E-state index contributed by atoms with van der Waals surface area (Å²) < 4.78 is 12.2. The van der Waals surface area contributed by atoms with Gasteiger partial charge in [-0.3, -0.25) is 14.9 Å². The minimum Gasteiger partial charge on any atom is -0.496 e. The number of hydrogen-bond acceptors (Lipinski definition) is 6. The van der Waals surface area contributed by atoms with E-state index < -0.39 is 10.8 Å². The van der Waals surface area contributed by atoms with Crippen LogP contribution in [0.1, 0.15) is 16.1 Å². The smallest absolute Gasteiger partial charge is 0.307 e. The maximum Gasteiger partial charge on any atom is 0.307 e. The molecule has 2 aromatic carbocycles. The molecule has 8 nitrogen and oxygen atoms in total. The zero-order valence-corrected chi connectivity index (χ0v) is 16.9. The van der Waals surface area contributed by atoms with Crippen LogP contribution in [-0.2, 0) is 0 Å². The van der Waals surface area contributed by atoms with Crippen molar-refractivity contribution in [2.45, 2.75) is 0 Å². The summed E-state index contributed by atoms with van der Waals surface area (Å²) in [6.07, 6.45) is 1.26. The average Bonchev–Trinajstić information content (AvgIpc) is 3.06. The maximum atomic E-state index is 12.2. The number of carbonyl (C=O) groups excluding carboxylic acids is 1. The van der Waals surface area contributed by atoms with Gasteiger partial charge in [-0.05, 0) is 40.2 Å². The van der Waals surface area contributed by atoms with E-state index in [1.54, 1.807) is 12.1 Å². The normalized spacial score (nSPS) is 11.1. The number of nitrogens with one attached hydrogen (secondary N) is 1. The highest BCUT2D eigenvalue weighted by Gasteiger charge is 2.14. The highest BCUT2D eigenvalue weighted by atomic mass is 79.9. The Morgan fingerprint density at radius 3 is 2.78 bits per heavy atom. The first-order chi connectivity index (χ1) is 12.9. The molecule has 0 aliphatic rings. The summed E-state index contributed by atoms with van der Waals surface area (Å²) in [6, 6.07) is 9.28. The van der Waals surface area contributed by atoms with Crippen LogP contribution in [0.2, 0.25) is 0 Å². The highest BCUT2D eigenvalue weighted by molar-refractivity contribution is 9.11. The summed E-state index contributed by atoms with van der Waals surface area (Å²) in [6.45, 7) is 0. The van der Waals surface area contributed by atoms with Crippen molar-refractivity contribution in [1.82, 2.24) is 5.43 Å². The first kappa shape index (κ1) is 19.1. The monoisotopic (exact) mass is 495 g/mol. The molecule has 1 heterocycles. The molecule has 1 N–H and O–H groups in total. The van der Waals surface area contributed by atoms with Gasteiger partial charge in [0.25, 0.3) is 5.69 Å². The van der Waals surface area contributed by atoms with E-state index >= 15 is 0 Å². The lowest BCUT2D eigenvalue weighted by Gasteiger charge is -2.03. The fourth-order valence-electron chi connectivity index (χ4n) is 2.34. The zero-order chi connectivity index (χ0) is 19.6. The number of nitro groups is 1. The van der Waals surface area contributed by atoms with Gasteiger partial charge in [0.15, 0.2) is 5.76 Å². The van der Waals surface area contributed by atoms with Crippen molar-refractivity contribution < 1.29 is 18.9 Å². The number of halogens is 2. The van der Waals surface area contributed by atoms with E-state index in [1.807, 2.05) is 6.07 Å². The SMILES string of the molecule is COc1ccc([N+](=O)[O-])cc1/C=N\NC(=O)c1cc2cc(Br)cc(Br)c2o1. The van der Waals surface area contributed by atoms with Crippen molar-refractivity contribution in [3.05, 3.63) is 66.8 Å². The predicted molar refractivity (Wildman–Crippen MR) is 106 cm³/mol. The molecule has 3 rings (SSSR count). The van der Waals surface area contributed by atoms with Gasteiger partial charge in [0.05, 0.1) is 22.7 Å².